The van der Waals surface area contributed by atoms with Crippen LogP contribution in [0, 0.1) is 5.92 Å². The van der Waals surface area contributed by atoms with Crippen LogP contribution in [-0.2, 0) is 16.1 Å². The molecule has 0 bridgehead atoms. The molecule has 6 nitrogen and oxygen atoms in total. The summed E-state index contributed by atoms with van der Waals surface area (Å²) >= 11 is 0. The van der Waals surface area contributed by atoms with Gasteiger partial charge in [0, 0.05) is 32.8 Å². The first-order chi connectivity index (χ1) is 9.40. The van der Waals surface area contributed by atoms with Crippen molar-refractivity contribution in [2.75, 3.05) is 20.6 Å². The molecule has 2 amide bonds. The Hall–Kier alpha value is -1.85. The zero-order valence-electron chi connectivity index (χ0n) is 12.5. The van der Waals surface area contributed by atoms with E-state index >= 15 is 0 Å². The van der Waals surface area contributed by atoms with Crippen LogP contribution >= 0.6 is 0 Å². The van der Waals surface area contributed by atoms with Crippen LogP contribution < -0.4 is 0 Å². The predicted octanol–water partition coefficient (Wildman–Crippen LogP) is 0.901. The largest absolute Gasteiger partial charge is 0.349 e. The number of hydrogen-bond donors (Lipinski definition) is 0. The van der Waals surface area contributed by atoms with E-state index in [0.29, 0.717) is 19.5 Å². The summed E-state index contributed by atoms with van der Waals surface area (Å²) in [6.07, 6.45) is 2.09. The highest BCUT2D eigenvalue weighted by Crippen LogP contribution is 2.24. The van der Waals surface area contributed by atoms with Gasteiger partial charge in [-0.15, -0.1) is 0 Å². The van der Waals surface area contributed by atoms with E-state index in [4.69, 9.17) is 0 Å². The first-order valence-electron chi connectivity index (χ1n) is 6.91. The number of hydrogen-bond acceptors (Lipinski definition) is 3. The molecular weight excluding hydrogens is 256 g/mol. The lowest BCUT2D eigenvalue weighted by molar-refractivity contribution is -0.138. The molecule has 0 radical (unpaired) electrons. The third kappa shape index (κ3) is 2.84. The van der Waals surface area contributed by atoms with E-state index in [-0.39, 0.29) is 23.8 Å². The second-order valence-electron chi connectivity index (χ2n) is 5.79. The van der Waals surface area contributed by atoms with Gasteiger partial charge < -0.3 is 9.80 Å². The first-order valence-corrected chi connectivity index (χ1v) is 6.91. The van der Waals surface area contributed by atoms with Crippen LogP contribution in [0.25, 0.3) is 0 Å². The lowest BCUT2D eigenvalue weighted by Crippen LogP contribution is -2.44. The van der Waals surface area contributed by atoms with Crippen LogP contribution in [0.15, 0.2) is 12.3 Å². The fourth-order valence-electron chi connectivity index (χ4n) is 2.46. The summed E-state index contributed by atoms with van der Waals surface area (Å²) in [7, 11) is 3.48. The van der Waals surface area contributed by atoms with Gasteiger partial charge in [0.05, 0.1) is 24.7 Å². The van der Waals surface area contributed by atoms with Crippen molar-refractivity contribution in [3.05, 3.63) is 18.0 Å². The van der Waals surface area contributed by atoms with Gasteiger partial charge in [-0.3, -0.25) is 14.3 Å². The first kappa shape index (κ1) is 14.6. The summed E-state index contributed by atoms with van der Waals surface area (Å²) in [5.41, 5.74) is 0.988. The Labute approximate surface area is 119 Å². The fraction of sp³-hybridized carbons (Fsp3) is 0.643. The molecule has 2 heterocycles. The Morgan fingerprint density at radius 1 is 1.45 bits per heavy atom. The number of aromatic nitrogens is 2. The molecule has 6 heteroatoms. The van der Waals surface area contributed by atoms with E-state index in [0.717, 1.165) is 5.69 Å². The van der Waals surface area contributed by atoms with Crippen molar-refractivity contribution in [1.29, 1.82) is 0 Å². The van der Waals surface area contributed by atoms with Crippen molar-refractivity contribution < 1.29 is 9.59 Å². The minimum Gasteiger partial charge on any atom is -0.349 e. The Bertz CT molecular complexity index is 507. The van der Waals surface area contributed by atoms with E-state index in [1.165, 1.54) is 0 Å². The van der Waals surface area contributed by atoms with Crippen molar-refractivity contribution >= 4 is 11.8 Å². The number of carbonyl (C=O) groups is 2. The highest BCUT2D eigenvalue weighted by molar-refractivity contribution is 5.79. The molecule has 2 rings (SSSR count). The molecule has 1 aliphatic rings. The molecule has 0 aliphatic carbocycles. The van der Waals surface area contributed by atoms with E-state index < -0.39 is 0 Å². The molecule has 1 atom stereocenters. The maximum atomic E-state index is 12.2. The Morgan fingerprint density at radius 3 is 2.75 bits per heavy atom. The number of rotatable bonds is 3. The lowest BCUT2D eigenvalue weighted by Gasteiger charge is -2.35. The summed E-state index contributed by atoms with van der Waals surface area (Å²) in [6, 6.07) is 1.83. The fourth-order valence-corrected chi connectivity index (χ4v) is 2.46. The maximum Gasteiger partial charge on any atom is 0.225 e. The second-order valence-corrected chi connectivity index (χ2v) is 5.79. The molecule has 0 aromatic carbocycles. The van der Waals surface area contributed by atoms with Crippen LogP contribution in [0.1, 0.15) is 32.0 Å². The van der Waals surface area contributed by atoms with Crippen LogP contribution in [-0.4, -0.2) is 52.0 Å². The van der Waals surface area contributed by atoms with Crippen molar-refractivity contribution in [3.8, 4) is 0 Å². The molecule has 0 saturated heterocycles. The summed E-state index contributed by atoms with van der Waals surface area (Å²) in [5.74, 6) is 0.143. The Morgan fingerprint density at radius 2 is 2.15 bits per heavy atom. The van der Waals surface area contributed by atoms with Crippen LogP contribution in [0.5, 0.6) is 0 Å². The lowest BCUT2D eigenvalue weighted by atomic mass is 10.1. The molecule has 0 N–H and O–H groups in total. The van der Waals surface area contributed by atoms with Gasteiger partial charge >= 0.3 is 0 Å². The average Bonchev–Trinajstić information content (AvgIpc) is 2.85. The molecule has 0 spiro atoms. The second kappa shape index (κ2) is 5.64. The van der Waals surface area contributed by atoms with E-state index in [1.54, 1.807) is 25.2 Å². The summed E-state index contributed by atoms with van der Waals surface area (Å²) in [4.78, 5) is 27.5. The highest BCUT2D eigenvalue weighted by Gasteiger charge is 2.30. The molecule has 1 aromatic heterocycles. The summed E-state index contributed by atoms with van der Waals surface area (Å²) in [6.45, 7) is 4.91. The normalized spacial score (nSPS) is 18.1. The molecule has 20 heavy (non-hydrogen) atoms. The predicted molar refractivity (Wildman–Crippen MR) is 74.8 cm³/mol. The van der Waals surface area contributed by atoms with E-state index in [1.807, 2.05) is 29.5 Å². The molecular formula is C14H22N4O2. The van der Waals surface area contributed by atoms with E-state index in [2.05, 4.69) is 5.10 Å². The molecule has 0 saturated carbocycles. The van der Waals surface area contributed by atoms with Gasteiger partial charge in [0.1, 0.15) is 0 Å². The van der Waals surface area contributed by atoms with Crippen LogP contribution in [0.4, 0.5) is 0 Å². The van der Waals surface area contributed by atoms with Crippen molar-refractivity contribution in [2.45, 2.75) is 32.9 Å². The average molecular weight is 278 g/mol. The van der Waals surface area contributed by atoms with Gasteiger partial charge in [-0.25, -0.2) is 0 Å². The van der Waals surface area contributed by atoms with Gasteiger partial charge in [-0.2, -0.15) is 5.10 Å². The number of fused-ring (bicyclic) bond motifs is 1. The third-order valence-electron chi connectivity index (χ3n) is 3.60. The zero-order chi connectivity index (χ0) is 14.9. The minimum absolute atomic E-state index is 0.0327. The molecule has 0 unspecified atom stereocenters. The standard InChI is InChI=1S/C14H22N4O2/c1-10(2)14(20)17-8-11-5-6-15-18(11)12(9-17)7-13(19)16(3)4/h5-6,10,12H,7-9H2,1-4H3/t12-/m1/s1. The van der Waals surface area contributed by atoms with Gasteiger partial charge in [-0.05, 0) is 6.07 Å². The van der Waals surface area contributed by atoms with Crippen molar-refractivity contribution in [3.63, 3.8) is 0 Å². The zero-order valence-corrected chi connectivity index (χ0v) is 12.5. The van der Waals surface area contributed by atoms with Gasteiger partial charge in [0.25, 0.3) is 0 Å². The topological polar surface area (TPSA) is 58.4 Å². The third-order valence-corrected chi connectivity index (χ3v) is 3.60. The maximum absolute atomic E-state index is 12.2. The summed E-state index contributed by atoms with van der Waals surface area (Å²) in [5, 5.41) is 4.30. The Balaban J connectivity index is 2.19. The molecule has 110 valence electrons. The molecule has 1 aromatic rings. The Kier molecular flexibility index (Phi) is 4.11. The van der Waals surface area contributed by atoms with E-state index in [9.17, 15) is 9.59 Å². The summed E-state index contributed by atoms with van der Waals surface area (Å²) < 4.78 is 1.88. The van der Waals surface area contributed by atoms with Gasteiger partial charge in [0.2, 0.25) is 11.8 Å². The van der Waals surface area contributed by atoms with Crippen LogP contribution in [0.2, 0.25) is 0 Å². The number of nitrogens with zero attached hydrogens (tertiary/aromatic N) is 4. The SMILES string of the molecule is CC(C)C(=O)N1Cc2ccnn2[C@H](CC(=O)N(C)C)C1. The quantitative estimate of drug-likeness (QED) is 0.825. The molecule has 1 aliphatic heterocycles. The molecule has 0 fully saturated rings. The van der Waals surface area contributed by atoms with Crippen molar-refractivity contribution in [2.24, 2.45) is 5.92 Å². The highest BCUT2D eigenvalue weighted by atomic mass is 16.2. The monoisotopic (exact) mass is 278 g/mol. The minimum atomic E-state index is -0.0775. The van der Waals surface area contributed by atoms with Crippen LogP contribution in [0.3, 0.4) is 0 Å². The van der Waals surface area contributed by atoms with Gasteiger partial charge in [-0.1, -0.05) is 13.8 Å². The number of carbonyl (C=O) groups excluding carboxylic acids is 2. The van der Waals surface area contributed by atoms with Crippen molar-refractivity contribution in [1.82, 2.24) is 19.6 Å². The smallest absolute Gasteiger partial charge is 0.225 e. The van der Waals surface area contributed by atoms with Gasteiger partial charge in [0.15, 0.2) is 0 Å². The number of amides is 2.